The van der Waals surface area contributed by atoms with E-state index in [-0.39, 0.29) is 6.03 Å². The number of rotatable bonds is 5. The second-order valence-corrected chi connectivity index (χ2v) is 9.58. The summed E-state index contributed by atoms with van der Waals surface area (Å²) in [5, 5.41) is 4.90. The number of amides is 1. The number of carbonyl (C=O) groups is 1. The van der Waals surface area contributed by atoms with Gasteiger partial charge in [-0.2, -0.15) is 9.78 Å². The van der Waals surface area contributed by atoms with Crippen molar-refractivity contribution < 1.29 is 9.53 Å². The fourth-order valence-corrected chi connectivity index (χ4v) is 4.98. The van der Waals surface area contributed by atoms with E-state index in [1.165, 1.54) is 10.2 Å². The van der Waals surface area contributed by atoms with Crippen LogP contribution in [0.15, 0.2) is 60.9 Å². The normalized spacial score (nSPS) is 20.2. The summed E-state index contributed by atoms with van der Waals surface area (Å²) in [4.78, 5) is 19.2. The molecular weight excluding hydrogens is 438 g/mol. The summed E-state index contributed by atoms with van der Waals surface area (Å²) in [6.07, 6.45) is 3.52. The van der Waals surface area contributed by atoms with Gasteiger partial charge >= 0.3 is 6.03 Å². The molecule has 0 saturated carbocycles. The molecule has 2 unspecified atom stereocenters. The van der Waals surface area contributed by atoms with Crippen molar-refractivity contribution in [1.82, 2.24) is 19.6 Å². The van der Waals surface area contributed by atoms with Crippen LogP contribution in [0.25, 0.3) is 0 Å². The van der Waals surface area contributed by atoms with Gasteiger partial charge in [-0.3, -0.25) is 4.90 Å². The summed E-state index contributed by atoms with van der Waals surface area (Å²) < 4.78 is 7.44. The van der Waals surface area contributed by atoms with Crippen LogP contribution in [0, 0.1) is 11.8 Å². The zero-order chi connectivity index (χ0) is 22.9. The molecule has 7 nitrogen and oxygen atoms in total. The molecule has 0 N–H and O–H groups in total. The number of benzene rings is 2. The maximum Gasteiger partial charge on any atom is 0.344 e. The molecule has 0 bridgehead atoms. The van der Waals surface area contributed by atoms with Crippen LogP contribution in [0.1, 0.15) is 5.56 Å². The van der Waals surface area contributed by atoms with E-state index in [2.05, 4.69) is 22.1 Å². The van der Waals surface area contributed by atoms with Gasteiger partial charge in [0.1, 0.15) is 11.5 Å². The Morgan fingerprint density at radius 2 is 1.76 bits per heavy atom. The lowest BCUT2D eigenvalue weighted by atomic mass is 10.0. The number of aromatic nitrogens is 2. The highest BCUT2D eigenvalue weighted by Gasteiger charge is 2.41. The summed E-state index contributed by atoms with van der Waals surface area (Å²) in [5.74, 6) is 2.55. The molecule has 0 aliphatic carbocycles. The zero-order valence-corrected chi connectivity index (χ0v) is 19.7. The molecule has 2 aliphatic heterocycles. The van der Waals surface area contributed by atoms with Gasteiger partial charge in [-0.25, -0.2) is 4.79 Å². The molecular formula is C25H28ClN5O2. The molecule has 1 amide bonds. The first-order valence-corrected chi connectivity index (χ1v) is 11.6. The predicted octanol–water partition coefficient (Wildman–Crippen LogP) is 4.43. The highest BCUT2D eigenvalue weighted by molar-refractivity contribution is 6.30. The SMILES string of the molecule is CN(C)c1cnn(C(=O)N2CC3CN(Cc4cccc(Oc5cccc(Cl)c5)c4)CC3C2)c1. The second-order valence-electron chi connectivity index (χ2n) is 9.15. The fraction of sp³-hybridized carbons (Fsp3) is 0.360. The lowest BCUT2D eigenvalue weighted by Gasteiger charge is -2.21. The number of carbonyl (C=O) groups excluding carboxylic acids is 1. The molecule has 2 aromatic carbocycles. The number of halogens is 1. The molecule has 33 heavy (non-hydrogen) atoms. The fourth-order valence-electron chi connectivity index (χ4n) is 4.80. The van der Waals surface area contributed by atoms with Gasteiger partial charge < -0.3 is 14.5 Å². The maximum absolute atomic E-state index is 12.9. The minimum atomic E-state index is -0.0325. The molecule has 8 heteroatoms. The van der Waals surface area contributed by atoms with Gasteiger partial charge in [0.05, 0.1) is 18.1 Å². The smallest absolute Gasteiger partial charge is 0.344 e. The van der Waals surface area contributed by atoms with Gasteiger partial charge in [0.25, 0.3) is 0 Å². The van der Waals surface area contributed by atoms with E-state index >= 15 is 0 Å². The van der Waals surface area contributed by atoms with Crippen molar-refractivity contribution in [3.63, 3.8) is 0 Å². The summed E-state index contributed by atoms with van der Waals surface area (Å²) in [6, 6.07) is 15.6. The molecule has 1 aromatic heterocycles. The molecule has 2 saturated heterocycles. The van der Waals surface area contributed by atoms with Crippen LogP contribution in [0.2, 0.25) is 5.02 Å². The van der Waals surface area contributed by atoms with Crippen LogP contribution in [-0.2, 0) is 6.54 Å². The number of likely N-dealkylation sites (tertiary alicyclic amines) is 2. The van der Waals surface area contributed by atoms with E-state index in [1.54, 1.807) is 12.4 Å². The number of nitrogens with zero attached hydrogens (tertiary/aromatic N) is 5. The number of anilines is 1. The second kappa shape index (κ2) is 9.08. The lowest BCUT2D eigenvalue weighted by Crippen LogP contribution is -2.36. The third kappa shape index (κ3) is 4.84. The monoisotopic (exact) mass is 465 g/mol. The van der Waals surface area contributed by atoms with Crippen molar-refractivity contribution in [3.8, 4) is 11.5 Å². The van der Waals surface area contributed by atoms with Crippen molar-refractivity contribution in [3.05, 3.63) is 71.5 Å². The van der Waals surface area contributed by atoms with Crippen molar-refractivity contribution >= 4 is 23.3 Å². The van der Waals surface area contributed by atoms with Crippen LogP contribution < -0.4 is 9.64 Å². The average molecular weight is 466 g/mol. The Morgan fingerprint density at radius 3 is 2.42 bits per heavy atom. The van der Waals surface area contributed by atoms with E-state index in [4.69, 9.17) is 16.3 Å². The van der Waals surface area contributed by atoms with Gasteiger partial charge in [0, 0.05) is 51.8 Å². The Hall–Kier alpha value is -3.03. The first-order valence-electron chi connectivity index (χ1n) is 11.2. The Balaban J connectivity index is 1.16. The van der Waals surface area contributed by atoms with Crippen LogP contribution in [0.3, 0.4) is 0 Å². The molecule has 5 rings (SSSR count). The van der Waals surface area contributed by atoms with Crippen molar-refractivity contribution in [2.75, 3.05) is 45.2 Å². The molecule has 3 heterocycles. The summed E-state index contributed by atoms with van der Waals surface area (Å²) in [5.41, 5.74) is 2.14. The van der Waals surface area contributed by atoms with Gasteiger partial charge in [-0.05, 0) is 47.7 Å². The third-order valence-electron chi connectivity index (χ3n) is 6.45. The Labute approximate surface area is 199 Å². The van der Waals surface area contributed by atoms with E-state index in [0.29, 0.717) is 16.9 Å². The van der Waals surface area contributed by atoms with E-state index < -0.39 is 0 Å². The van der Waals surface area contributed by atoms with Gasteiger partial charge in [-0.1, -0.05) is 29.8 Å². The maximum atomic E-state index is 12.9. The Kier molecular flexibility index (Phi) is 6.00. The van der Waals surface area contributed by atoms with Crippen LogP contribution in [0.4, 0.5) is 10.5 Å². The lowest BCUT2D eigenvalue weighted by molar-refractivity contribution is 0.197. The standard InChI is InChI=1S/C25H28ClN5O2/c1-28(2)22-11-27-31(17-22)25(32)30-15-19-13-29(14-20(19)16-30)12-18-5-3-7-23(9-18)33-24-8-4-6-21(26)10-24/h3-11,17,19-20H,12-16H2,1-2H3. The quantitative estimate of drug-likeness (QED) is 0.558. The van der Waals surface area contributed by atoms with Crippen molar-refractivity contribution in [2.45, 2.75) is 6.54 Å². The largest absolute Gasteiger partial charge is 0.457 e. The van der Waals surface area contributed by atoms with E-state index in [9.17, 15) is 4.79 Å². The summed E-state index contributed by atoms with van der Waals surface area (Å²) >= 11 is 6.06. The van der Waals surface area contributed by atoms with Crippen molar-refractivity contribution in [1.29, 1.82) is 0 Å². The van der Waals surface area contributed by atoms with Crippen LogP contribution >= 0.6 is 11.6 Å². The van der Waals surface area contributed by atoms with Gasteiger partial charge in [0.2, 0.25) is 0 Å². The minimum absolute atomic E-state index is 0.0325. The number of fused-ring (bicyclic) bond motifs is 1. The molecule has 0 spiro atoms. The number of hydrogen-bond donors (Lipinski definition) is 0. The zero-order valence-electron chi connectivity index (χ0n) is 18.9. The molecule has 172 valence electrons. The van der Waals surface area contributed by atoms with Crippen LogP contribution in [-0.4, -0.2) is 65.9 Å². The molecule has 2 aliphatic rings. The first kappa shape index (κ1) is 21.8. The summed E-state index contributed by atoms with van der Waals surface area (Å²) in [6.45, 7) is 4.44. The predicted molar refractivity (Wildman–Crippen MR) is 129 cm³/mol. The summed E-state index contributed by atoms with van der Waals surface area (Å²) in [7, 11) is 3.89. The molecule has 3 aromatic rings. The Bertz CT molecular complexity index is 1130. The van der Waals surface area contributed by atoms with Gasteiger partial charge in [0.15, 0.2) is 0 Å². The molecule has 2 fully saturated rings. The number of hydrogen-bond acceptors (Lipinski definition) is 5. The Morgan fingerprint density at radius 1 is 1.06 bits per heavy atom. The van der Waals surface area contributed by atoms with E-state index in [0.717, 1.165) is 49.9 Å². The van der Waals surface area contributed by atoms with Crippen LogP contribution in [0.5, 0.6) is 11.5 Å². The highest BCUT2D eigenvalue weighted by atomic mass is 35.5. The average Bonchev–Trinajstić information content (AvgIpc) is 3.49. The first-order chi connectivity index (χ1) is 15.9. The van der Waals surface area contributed by atoms with E-state index in [1.807, 2.05) is 60.3 Å². The minimum Gasteiger partial charge on any atom is -0.457 e. The topological polar surface area (TPSA) is 53.8 Å². The van der Waals surface area contributed by atoms with Crippen molar-refractivity contribution in [2.24, 2.45) is 11.8 Å². The highest BCUT2D eigenvalue weighted by Crippen LogP contribution is 2.33. The number of ether oxygens (including phenoxy) is 1. The molecule has 0 radical (unpaired) electrons. The third-order valence-corrected chi connectivity index (χ3v) is 6.69. The van der Waals surface area contributed by atoms with Gasteiger partial charge in [-0.15, -0.1) is 0 Å². The molecule has 2 atom stereocenters.